The minimum Gasteiger partial charge on any atom is -0.383 e. The highest BCUT2D eigenvalue weighted by Gasteiger charge is 2.17. The summed E-state index contributed by atoms with van der Waals surface area (Å²) in [6.07, 6.45) is 0. The average Bonchev–Trinajstić information content (AvgIpc) is 2.73. The monoisotopic (exact) mass is 296 g/mol. The van der Waals surface area contributed by atoms with Crippen LogP contribution in [0.3, 0.4) is 0 Å². The van der Waals surface area contributed by atoms with Crippen molar-refractivity contribution in [3.63, 3.8) is 0 Å². The zero-order valence-electron chi connectivity index (χ0n) is 11.1. The minimum atomic E-state index is -0.232. The quantitative estimate of drug-likeness (QED) is 0.671. The lowest BCUT2D eigenvalue weighted by Crippen LogP contribution is -2.11. The zero-order valence-corrected chi connectivity index (χ0v) is 12.7. The number of aromatic nitrogens is 3. The Hall–Kier alpha value is -1.34. The number of H-pyrrole nitrogens is 1. The van der Waals surface area contributed by atoms with Crippen LogP contribution in [0.25, 0.3) is 0 Å². The molecule has 0 aliphatic rings. The standard InChI is InChI=1S/C12H16N4OS2/c1-12(2,3)7-5-18-10(14-7)6-19-11-15-8(13)4-9(17)16-11/h4-5H,6H2,1-3H3,(H3,13,15,16,17). The predicted molar refractivity (Wildman–Crippen MR) is 79.6 cm³/mol. The molecule has 2 rings (SSSR count). The number of nitrogens with one attached hydrogen (secondary N) is 1. The predicted octanol–water partition coefficient (Wildman–Crippen LogP) is 2.40. The van der Waals surface area contributed by atoms with Crippen molar-refractivity contribution in [1.82, 2.24) is 15.0 Å². The number of thioether (sulfide) groups is 1. The summed E-state index contributed by atoms with van der Waals surface area (Å²) in [6, 6.07) is 1.27. The molecular weight excluding hydrogens is 280 g/mol. The molecule has 2 aromatic rings. The molecule has 0 atom stereocenters. The van der Waals surface area contributed by atoms with Gasteiger partial charge in [0.2, 0.25) is 0 Å². The van der Waals surface area contributed by atoms with Crippen molar-refractivity contribution in [2.24, 2.45) is 0 Å². The van der Waals surface area contributed by atoms with Crippen LogP contribution in [0.2, 0.25) is 0 Å². The van der Waals surface area contributed by atoms with Gasteiger partial charge in [0.05, 0.1) is 11.4 Å². The van der Waals surface area contributed by atoms with Crippen LogP contribution in [-0.2, 0) is 11.2 Å². The Morgan fingerprint density at radius 3 is 2.74 bits per heavy atom. The lowest BCUT2D eigenvalue weighted by Gasteiger charge is -2.14. The third-order valence-electron chi connectivity index (χ3n) is 2.39. The highest BCUT2D eigenvalue weighted by molar-refractivity contribution is 7.98. The van der Waals surface area contributed by atoms with Gasteiger partial charge in [-0.05, 0) is 0 Å². The van der Waals surface area contributed by atoms with Crippen LogP contribution in [-0.4, -0.2) is 15.0 Å². The van der Waals surface area contributed by atoms with Crippen LogP contribution in [0.1, 0.15) is 31.5 Å². The van der Waals surface area contributed by atoms with Gasteiger partial charge in [0.1, 0.15) is 10.8 Å². The molecule has 0 amide bonds. The van der Waals surface area contributed by atoms with E-state index < -0.39 is 0 Å². The van der Waals surface area contributed by atoms with Crippen molar-refractivity contribution >= 4 is 28.9 Å². The molecule has 0 fully saturated rings. The first kappa shape index (κ1) is 14.1. The summed E-state index contributed by atoms with van der Waals surface area (Å²) in [6.45, 7) is 6.40. The van der Waals surface area contributed by atoms with Crippen LogP contribution >= 0.6 is 23.1 Å². The van der Waals surface area contributed by atoms with E-state index in [0.29, 0.717) is 10.9 Å². The van der Waals surface area contributed by atoms with Crippen LogP contribution in [0.15, 0.2) is 21.4 Å². The van der Waals surface area contributed by atoms with Gasteiger partial charge in [0.25, 0.3) is 5.56 Å². The van der Waals surface area contributed by atoms with Gasteiger partial charge in [0, 0.05) is 16.9 Å². The normalized spacial score (nSPS) is 11.7. The van der Waals surface area contributed by atoms with Gasteiger partial charge in [-0.25, -0.2) is 9.97 Å². The largest absolute Gasteiger partial charge is 0.383 e. The first-order valence-corrected chi connectivity index (χ1v) is 7.65. The SMILES string of the molecule is CC(C)(C)c1csc(CSc2nc(N)cc(=O)[nH]2)n1. The second-order valence-electron chi connectivity index (χ2n) is 5.14. The lowest BCUT2D eigenvalue weighted by molar-refractivity contribution is 0.572. The van der Waals surface area contributed by atoms with Crippen molar-refractivity contribution < 1.29 is 0 Å². The molecule has 0 saturated carbocycles. The highest BCUT2D eigenvalue weighted by atomic mass is 32.2. The topological polar surface area (TPSA) is 84.7 Å². The maximum absolute atomic E-state index is 11.3. The van der Waals surface area contributed by atoms with Gasteiger partial charge in [-0.1, -0.05) is 32.5 Å². The molecule has 3 N–H and O–H groups in total. The first-order chi connectivity index (χ1) is 8.84. The summed E-state index contributed by atoms with van der Waals surface area (Å²) in [7, 11) is 0. The Bertz CT molecular complexity index is 627. The number of rotatable bonds is 3. The molecule has 0 saturated heterocycles. The van der Waals surface area contributed by atoms with Crippen LogP contribution in [0.5, 0.6) is 0 Å². The van der Waals surface area contributed by atoms with Crippen molar-refractivity contribution in [2.45, 2.75) is 37.1 Å². The number of nitrogen functional groups attached to an aromatic ring is 1. The Kier molecular flexibility index (Phi) is 3.96. The van der Waals surface area contributed by atoms with Crippen LogP contribution in [0.4, 0.5) is 5.82 Å². The van der Waals surface area contributed by atoms with Crippen molar-refractivity contribution in [1.29, 1.82) is 0 Å². The Morgan fingerprint density at radius 2 is 2.16 bits per heavy atom. The molecule has 2 heterocycles. The Morgan fingerprint density at radius 1 is 1.42 bits per heavy atom. The molecule has 0 aliphatic heterocycles. The molecular formula is C12H16N4OS2. The number of aromatic amines is 1. The molecule has 102 valence electrons. The minimum absolute atomic E-state index is 0.0587. The van der Waals surface area contributed by atoms with Gasteiger partial charge in [0.15, 0.2) is 5.16 Å². The van der Waals surface area contributed by atoms with Crippen molar-refractivity contribution in [3.8, 4) is 0 Å². The van der Waals surface area contributed by atoms with E-state index in [2.05, 4.69) is 41.1 Å². The Balaban J connectivity index is 2.06. The molecule has 19 heavy (non-hydrogen) atoms. The van der Waals surface area contributed by atoms with Gasteiger partial charge in [-0.3, -0.25) is 4.79 Å². The smallest absolute Gasteiger partial charge is 0.253 e. The maximum atomic E-state index is 11.3. The maximum Gasteiger partial charge on any atom is 0.253 e. The van der Waals surface area contributed by atoms with Crippen molar-refractivity contribution in [2.75, 3.05) is 5.73 Å². The molecule has 7 heteroatoms. The Labute approximate surface area is 119 Å². The summed E-state index contributed by atoms with van der Waals surface area (Å²) in [5.74, 6) is 0.911. The third kappa shape index (κ3) is 3.81. The fraction of sp³-hybridized carbons (Fsp3) is 0.417. The van der Waals surface area contributed by atoms with E-state index in [4.69, 9.17) is 5.73 Å². The van der Waals surface area contributed by atoms with E-state index in [1.165, 1.54) is 17.8 Å². The number of nitrogens with zero attached hydrogens (tertiary/aromatic N) is 2. The molecule has 0 radical (unpaired) electrons. The molecule has 0 unspecified atom stereocenters. The fourth-order valence-corrected chi connectivity index (χ4v) is 3.29. The van der Waals surface area contributed by atoms with Crippen molar-refractivity contribution in [3.05, 3.63) is 32.5 Å². The third-order valence-corrected chi connectivity index (χ3v) is 4.31. The van der Waals surface area contributed by atoms with E-state index in [9.17, 15) is 4.79 Å². The molecule has 0 spiro atoms. The fourth-order valence-electron chi connectivity index (χ4n) is 1.37. The van der Waals surface area contributed by atoms with Gasteiger partial charge < -0.3 is 10.7 Å². The molecule has 5 nitrogen and oxygen atoms in total. The van der Waals surface area contributed by atoms with E-state index in [-0.39, 0.29) is 16.8 Å². The second-order valence-corrected chi connectivity index (χ2v) is 7.05. The van der Waals surface area contributed by atoms with Gasteiger partial charge in [-0.15, -0.1) is 11.3 Å². The van der Waals surface area contributed by atoms with E-state index in [1.807, 2.05) is 0 Å². The average molecular weight is 296 g/mol. The summed E-state index contributed by atoms with van der Waals surface area (Å²) >= 11 is 3.05. The number of thiazole rings is 1. The molecule has 2 aromatic heterocycles. The molecule has 0 aromatic carbocycles. The highest BCUT2D eigenvalue weighted by Crippen LogP contribution is 2.27. The van der Waals surface area contributed by atoms with E-state index in [0.717, 1.165) is 10.7 Å². The van der Waals surface area contributed by atoms with Crippen LogP contribution in [0, 0.1) is 0 Å². The second kappa shape index (κ2) is 5.34. The lowest BCUT2D eigenvalue weighted by atomic mass is 9.93. The van der Waals surface area contributed by atoms with Crippen LogP contribution < -0.4 is 11.3 Å². The summed E-state index contributed by atoms with van der Waals surface area (Å²) in [5, 5.41) is 3.61. The summed E-state index contributed by atoms with van der Waals surface area (Å²) < 4.78 is 0. The van der Waals surface area contributed by atoms with E-state index in [1.54, 1.807) is 11.3 Å². The summed E-state index contributed by atoms with van der Waals surface area (Å²) in [4.78, 5) is 22.6. The zero-order chi connectivity index (χ0) is 14.0. The van der Waals surface area contributed by atoms with E-state index >= 15 is 0 Å². The molecule has 0 aliphatic carbocycles. The summed E-state index contributed by atoms with van der Waals surface area (Å²) in [5.41, 5.74) is 6.44. The number of nitrogens with two attached hydrogens (primary N) is 1. The van der Waals surface area contributed by atoms with Gasteiger partial charge >= 0.3 is 0 Å². The molecule has 0 bridgehead atoms. The number of anilines is 1. The number of hydrogen-bond donors (Lipinski definition) is 2. The number of hydrogen-bond acceptors (Lipinski definition) is 6. The first-order valence-electron chi connectivity index (χ1n) is 5.79. The van der Waals surface area contributed by atoms with Gasteiger partial charge in [-0.2, -0.15) is 0 Å².